The van der Waals surface area contributed by atoms with Crippen LogP contribution in [0.3, 0.4) is 0 Å². The molecule has 4 rings (SSSR count). The molecule has 8 heteroatoms. The van der Waals surface area contributed by atoms with Crippen LogP contribution in [0.15, 0.2) is 59.4 Å². The fourth-order valence-electron chi connectivity index (χ4n) is 3.85. The molecule has 0 unspecified atom stereocenters. The summed E-state index contributed by atoms with van der Waals surface area (Å²) in [6, 6.07) is 16.2. The van der Waals surface area contributed by atoms with E-state index in [0.717, 1.165) is 5.69 Å². The van der Waals surface area contributed by atoms with Crippen LogP contribution in [0.5, 0.6) is 0 Å². The van der Waals surface area contributed by atoms with E-state index in [-0.39, 0.29) is 23.6 Å². The van der Waals surface area contributed by atoms with Crippen molar-refractivity contribution >= 4 is 40.0 Å². The monoisotopic (exact) mass is 438 g/mol. The number of benzene rings is 2. The first-order valence-corrected chi connectivity index (χ1v) is 10.5. The third kappa shape index (κ3) is 4.41. The molecular weight excluding hydrogens is 416 g/mol. The number of anilines is 1. The summed E-state index contributed by atoms with van der Waals surface area (Å²) in [4.78, 5) is 41.5. The van der Waals surface area contributed by atoms with E-state index in [0.29, 0.717) is 42.1 Å². The highest BCUT2D eigenvalue weighted by Crippen LogP contribution is 2.21. The van der Waals surface area contributed by atoms with Gasteiger partial charge >= 0.3 is 0 Å². The number of piperazine rings is 1. The first kappa shape index (κ1) is 20.9. The number of halogens is 1. The number of aromatic nitrogens is 1. The molecule has 7 nitrogen and oxygen atoms in total. The summed E-state index contributed by atoms with van der Waals surface area (Å²) in [6.45, 7) is 2.41. The molecule has 0 aliphatic carbocycles. The number of hydrogen-bond donors (Lipinski definition) is 1. The highest BCUT2D eigenvalue weighted by atomic mass is 35.5. The predicted octanol–water partition coefficient (Wildman–Crippen LogP) is 2.27. The van der Waals surface area contributed by atoms with Crippen molar-refractivity contribution in [3.8, 4) is 0 Å². The molecule has 31 heavy (non-hydrogen) atoms. The van der Waals surface area contributed by atoms with E-state index >= 15 is 0 Å². The van der Waals surface area contributed by atoms with Crippen molar-refractivity contribution in [2.75, 3.05) is 37.6 Å². The number of fused-ring (bicyclic) bond motifs is 1. The van der Waals surface area contributed by atoms with Crippen molar-refractivity contribution in [3.63, 3.8) is 0 Å². The number of carbonyl (C=O) groups excluding carboxylic acids is 2. The van der Waals surface area contributed by atoms with E-state index in [1.807, 2.05) is 36.4 Å². The molecule has 0 radical (unpaired) electrons. The smallest absolute Gasteiger partial charge is 0.252 e. The second kappa shape index (κ2) is 8.81. The van der Waals surface area contributed by atoms with Gasteiger partial charge in [0.05, 0.1) is 17.6 Å². The molecule has 0 saturated carbocycles. The Hall–Kier alpha value is -3.32. The van der Waals surface area contributed by atoms with Gasteiger partial charge in [0.15, 0.2) is 0 Å². The number of pyridine rings is 1. The molecule has 1 fully saturated rings. The van der Waals surface area contributed by atoms with Gasteiger partial charge in [-0.3, -0.25) is 14.4 Å². The summed E-state index contributed by atoms with van der Waals surface area (Å²) in [5.74, 6) is -0.577. The van der Waals surface area contributed by atoms with E-state index in [9.17, 15) is 14.4 Å². The molecule has 1 aliphatic heterocycles. The highest BCUT2D eigenvalue weighted by molar-refractivity contribution is 6.30. The molecular formula is C23H23ClN4O3. The largest absolute Gasteiger partial charge is 0.368 e. The first-order chi connectivity index (χ1) is 14.9. The molecule has 1 aromatic heterocycles. The molecule has 0 spiro atoms. The van der Waals surface area contributed by atoms with Gasteiger partial charge in [-0.1, -0.05) is 35.9 Å². The van der Waals surface area contributed by atoms with Gasteiger partial charge in [0.2, 0.25) is 5.91 Å². The average molecular weight is 439 g/mol. The molecule has 0 atom stereocenters. The highest BCUT2D eigenvalue weighted by Gasteiger charge is 2.22. The number of nitrogens with one attached hydrogen (secondary N) is 1. The number of amides is 2. The average Bonchev–Trinajstić information content (AvgIpc) is 2.79. The van der Waals surface area contributed by atoms with Crippen LogP contribution < -0.4 is 15.8 Å². The Morgan fingerprint density at radius 1 is 1.00 bits per heavy atom. The second-order valence-corrected chi connectivity index (χ2v) is 7.94. The predicted molar refractivity (Wildman–Crippen MR) is 122 cm³/mol. The van der Waals surface area contributed by atoms with Crippen molar-refractivity contribution in [1.29, 1.82) is 0 Å². The molecule has 1 saturated heterocycles. The van der Waals surface area contributed by atoms with Crippen LogP contribution in [0.4, 0.5) is 5.69 Å². The van der Waals surface area contributed by atoms with Crippen molar-refractivity contribution < 1.29 is 9.59 Å². The lowest BCUT2D eigenvalue weighted by Gasteiger charge is -2.36. The lowest BCUT2D eigenvalue weighted by molar-refractivity contribution is -0.130. The van der Waals surface area contributed by atoms with Crippen molar-refractivity contribution in [2.24, 2.45) is 7.05 Å². The Morgan fingerprint density at radius 2 is 1.74 bits per heavy atom. The van der Waals surface area contributed by atoms with Gasteiger partial charge in [0, 0.05) is 55.4 Å². The molecule has 1 aliphatic rings. The molecule has 2 heterocycles. The lowest BCUT2D eigenvalue weighted by Crippen LogP contribution is -2.51. The van der Waals surface area contributed by atoms with Crippen molar-refractivity contribution in [2.45, 2.75) is 0 Å². The van der Waals surface area contributed by atoms with Crippen molar-refractivity contribution in [1.82, 2.24) is 14.8 Å². The summed E-state index contributed by atoms with van der Waals surface area (Å²) in [6.07, 6.45) is 0. The van der Waals surface area contributed by atoms with E-state index in [2.05, 4.69) is 10.2 Å². The van der Waals surface area contributed by atoms with Gasteiger partial charge in [0.1, 0.15) is 0 Å². The van der Waals surface area contributed by atoms with Gasteiger partial charge in [-0.25, -0.2) is 0 Å². The Morgan fingerprint density at radius 3 is 2.48 bits per heavy atom. The van der Waals surface area contributed by atoms with E-state index in [4.69, 9.17) is 11.6 Å². The van der Waals surface area contributed by atoms with Crippen LogP contribution in [0.2, 0.25) is 5.02 Å². The van der Waals surface area contributed by atoms with Crippen LogP contribution in [0.1, 0.15) is 10.4 Å². The maximum absolute atomic E-state index is 12.7. The number of aryl methyl sites for hydroxylation is 1. The third-order valence-electron chi connectivity index (χ3n) is 5.60. The van der Waals surface area contributed by atoms with Gasteiger partial charge in [0.25, 0.3) is 11.5 Å². The molecule has 2 amide bonds. The zero-order valence-electron chi connectivity index (χ0n) is 17.2. The van der Waals surface area contributed by atoms with E-state index in [1.165, 1.54) is 10.6 Å². The van der Waals surface area contributed by atoms with Gasteiger partial charge in [-0.05, 0) is 24.3 Å². The fraction of sp³-hybridized carbons (Fsp3) is 0.261. The number of carbonyl (C=O) groups is 2. The summed E-state index contributed by atoms with van der Waals surface area (Å²) in [7, 11) is 1.67. The zero-order valence-corrected chi connectivity index (χ0v) is 17.9. The number of hydrogen-bond acceptors (Lipinski definition) is 4. The number of rotatable bonds is 4. The zero-order chi connectivity index (χ0) is 22.0. The molecule has 160 valence electrons. The summed E-state index contributed by atoms with van der Waals surface area (Å²) < 4.78 is 1.50. The number of nitrogens with zero attached hydrogens (tertiary/aromatic N) is 3. The van der Waals surface area contributed by atoms with Gasteiger partial charge in [-0.2, -0.15) is 0 Å². The standard InChI is InChI=1S/C23H23ClN4O3/c1-26-20-8-3-2-7-18(20)19(14-21(26)29)23(31)25-15-22(30)28-11-9-27(10-12-28)17-6-4-5-16(24)13-17/h2-8,13-14H,9-12,15H2,1H3,(H,25,31). The summed E-state index contributed by atoms with van der Waals surface area (Å²) >= 11 is 6.07. The summed E-state index contributed by atoms with van der Waals surface area (Å²) in [5, 5.41) is 4.03. The molecule has 2 aromatic carbocycles. The Balaban J connectivity index is 1.38. The van der Waals surface area contributed by atoms with Gasteiger partial charge < -0.3 is 19.7 Å². The Bertz CT molecular complexity index is 1200. The fourth-order valence-corrected chi connectivity index (χ4v) is 4.03. The van der Waals surface area contributed by atoms with Gasteiger partial charge in [-0.15, -0.1) is 0 Å². The van der Waals surface area contributed by atoms with Crippen molar-refractivity contribution in [3.05, 3.63) is 75.5 Å². The van der Waals surface area contributed by atoms with E-state index < -0.39 is 5.91 Å². The SMILES string of the molecule is Cn1c(=O)cc(C(=O)NCC(=O)N2CCN(c3cccc(Cl)c3)CC2)c2ccccc21. The van der Waals surface area contributed by atoms with Crippen LogP contribution >= 0.6 is 11.6 Å². The normalized spacial score (nSPS) is 14.0. The first-order valence-electron chi connectivity index (χ1n) is 10.1. The summed E-state index contributed by atoms with van der Waals surface area (Å²) in [5.41, 5.74) is 1.71. The Labute approximate surface area is 184 Å². The molecule has 0 bridgehead atoms. The van der Waals surface area contributed by atoms with Crippen LogP contribution in [0.25, 0.3) is 10.9 Å². The Kier molecular flexibility index (Phi) is 5.95. The van der Waals surface area contributed by atoms with Crippen LogP contribution in [-0.4, -0.2) is 54.0 Å². The maximum Gasteiger partial charge on any atom is 0.252 e. The van der Waals surface area contributed by atoms with Crippen LogP contribution in [-0.2, 0) is 11.8 Å². The van der Waals surface area contributed by atoms with Crippen LogP contribution in [0, 0.1) is 0 Å². The lowest BCUT2D eigenvalue weighted by atomic mass is 10.1. The maximum atomic E-state index is 12.7. The topological polar surface area (TPSA) is 74.6 Å². The van der Waals surface area contributed by atoms with E-state index in [1.54, 1.807) is 24.1 Å². The quantitative estimate of drug-likeness (QED) is 0.678. The second-order valence-electron chi connectivity index (χ2n) is 7.50. The third-order valence-corrected chi connectivity index (χ3v) is 5.84. The minimum Gasteiger partial charge on any atom is -0.368 e. The minimum absolute atomic E-state index is 0.112. The minimum atomic E-state index is -0.431. The molecule has 1 N–H and O–H groups in total. The number of para-hydroxylation sites is 1. The molecule has 3 aromatic rings.